The highest BCUT2D eigenvalue weighted by atomic mass is 16.8. The molecule has 0 amide bonds. The van der Waals surface area contributed by atoms with E-state index in [1.54, 1.807) is 6.92 Å². The van der Waals surface area contributed by atoms with E-state index in [9.17, 15) is 50.8 Å². The zero-order chi connectivity index (χ0) is 44.7. The van der Waals surface area contributed by atoms with Gasteiger partial charge in [-0.05, 0) is 112 Å². The number of hydrogen-bond acceptors (Lipinski definition) is 17. The lowest BCUT2D eigenvalue weighted by atomic mass is 9.44. The Morgan fingerprint density at radius 1 is 0.629 bits per heavy atom. The van der Waals surface area contributed by atoms with E-state index >= 15 is 0 Å². The fourth-order valence-electron chi connectivity index (χ4n) is 13.8. The predicted molar refractivity (Wildman–Crippen MR) is 215 cm³/mol. The maximum atomic E-state index is 14.4. The third-order valence-corrected chi connectivity index (χ3v) is 17.7. The Morgan fingerprint density at radius 3 is 1.89 bits per heavy atom. The summed E-state index contributed by atoms with van der Waals surface area (Å²) in [7, 11) is 0. The number of carbonyl (C=O) groups is 1. The number of hydrogen-bond donors (Lipinski definition) is 9. The molecule has 0 bridgehead atoms. The van der Waals surface area contributed by atoms with Crippen LogP contribution in [-0.2, 0) is 38.0 Å². The Bertz CT molecular complexity index is 1560. The molecule has 8 rings (SSSR count). The molecular formula is C45H74O17. The van der Waals surface area contributed by atoms with Gasteiger partial charge in [0, 0.05) is 18.3 Å². The predicted octanol–water partition coefficient (Wildman–Crippen LogP) is 0.483. The molecule has 4 saturated carbocycles. The van der Waals surface area contributed by atoms with Gasteiger partial charge in [0.15, 0.2) is 25.2 Å². The van der Waals surface area contributed by atoms with Crippen molar-refractivity contribution in [2.24, 2.45) is 52.3 Å². The van der Waals surface area contributed by atoms with Gasteiger partial charge in [-0.3, -0.25) is 4.79 Å². The molecule has 17 nitrogen and oxygen atoms in total. The smallest absolute Gasteiger partial charge is 0.189 e. The van der Waals surface area contributed by atoms with Crippen LogP contribution in [0.15, 0.2) is 0 Å². The highest BCUT2D eigenvalue weighted by molar-refractivity contribution is 5.83. The molecule has 0 aromatic heterocycles. The van der Waals surface area contributed by atoms with Crippen molar-refractivity contribution in [1.29, 1.82) is 0 Å². The molecule has 62 heavy (non-hydrogen) atoms. The number of aliphatic hydroxyl groups excluding tert-OH is 9. The van der Waals surface area contributed by atoms with Gasteiger partial charge in [0.25, 0.3) is 0 Å². The van der Waals surface area contributed by atoms with Crippen molar-refractivity contribution in [1.82, 2.24) is 0 Å². The molecule has 0 aromatic rings. The number of Topliss-reactive ketones (excluding diaryl/α,β-unsaturated/α-hetero) is 1. The number of ether oxygens (including phenoxy) is 7. The van der Waals surface area contributed by atoms with Gasteiger partial charge in [0.1, 0.15) is 66.8 Å². The molecule has 8 aliphatic rings. The van der Waals surface area contributed by atoms with Crippen molar-refractivity contribution in [3.05, 3.63) is 0 Å². The summed E-state index contributed by atoms with van der Waals surface area (Å²) in [4.78, 5) is 14.4. The number of aliphatic hydroxyl groups is 9. The minimum atomic E-state index is -1.67. The fraction of sp³-hybridized carbons (Fsp3) is 0.978. The van der Waals surface area contributed by atoms with Gasteiger partial charge in [0.05, 0.1) is 31.0 Å². The molecule has 27 atom stereocenters. The van der Waals surface area contributed by atoms with Gasteiger partial charge in [-0.15, -0.1) is 0 Å². The summed E-state index contributed by atoms with van der Waals surface area (Å²) in [6.07, 6.45) is -13.0. The van der Waals surface area contributed by atoms with E-state index in [-0.39, 0.29) is 46.4 Å². The zero-order valence-electron chi connectivity index (χ0n) is 37.0. The third kappa shape index (κ3) is 8.27. The quantitative estimate of drug-likeness (QED) is 0.143. The summed E-state index contributed by atoms with van der Waals surface area (Å²) in [5, 5.41) is 94.4. The second-order valence-corrected chi connectivity index (χ2v) is 21.1. The summed E-state index contributed by atoms with van der Waals surface area (Å²) in [6, 6.07) is 0. The zero-order valence-corrected chi connectivity index (χ0v) is 37.0. The van der Waals surface area contributed by atoms with Gasteiger partial charge in [-0.2, -0.15) is 0 Å². The molecule has 4 heterocycles. The van der Waals surface area contributed by atoms with E-state index in [1.165, 1.54) is 6.92 Å². The number of carbonyl (C=O) groups excluding carboxylic acids is 1. The van der Waals surface area contributed by atoms with Gasteiger partial charge in [0.2, 0.25) is 0 Å². The Labute approximate surface area is 364 Å². The van der Waals surface area contributed by atoms with Gasteiger partial charge < -0.3 is 79.1 Å². The molecular weight excluding hydrogens is 812 g/mol. The first-order valence-electron chi connectivity index (χ1n) is 23.4. The molecule has 17 heteroatoms. The number of ketones is 1. The molecule has 4 saturated heterocycles. The molecule has 356 valence electrons. The lowest BCUT2D eigenvalue weighted by molar-refractivity contribution is -0.370. The highest BCUT2D eigenvalue weighted by Crippen LogP contribution is 2.68. The van der Waals surface area contributed by atoms with Gasteiger partial charge in [-0.25, -0.2) is 0 Å². The van der Waals surface area contributed by atoms with Gasteiger partial charge in [-0.1, -0.05) is 27.7 Å². The minimum absolute atomic E-state index is 0.0229. The summed E-state index contributed by atoms with van der Waals surface area (Å²) >= 11 is 0. The van der Waals surface area contributed by atoms with Crippen LogP contribution >= 0.6 is 0 Å². The first kappa shape index (κ1) is 47.5. The van der Waals surface area contributed by atoms with Crippen LogP contribution in [0.3, 0.4) is 0 Å². The van der Waals surface area contributed by atoms with Crippen LogP contribution in [0.2, 0.25) is 0 Å². The van der Waals surface area contributed by atoms with Crippen molar-refractivity contribution in [3.63, 3.8) is 0 Å². The van der Waals surface area contributed by atoms with Crippen molar-refractivity contribution in [3.8, 4) is 0 Å². The van der Waals surface area contributed by atoms with Gasteiger partial charge >= 0.3 is 0 Å². The molecule has 0 spiro atoms. The third-order valence-electron chi connectivity index (χ3n) is 17.7. The summed E-state index contributed by atoms with van der Waals surface area (Å²) in [5.74, 6) is 1.60. The van der Waals surface area contributed by atoms with Crippen LogP contribution in [0.25, 0.3) is 0 Å². The molecule has 9 N–H and O–H groups in total. The number of fused-ring (bicyclic) bond motifs is 5. The van der Waals surface area contributed by atoms with E-state index in [0.717, 1.165) is 44.9 Å². The lowest BCUT2D eigenvalue weighted by Gasteiger charge is -2.61. The molecule has 2 unspecified atom stereocenters. The minimum Gasteiger partial charge on any atom is -0.394 e. The Hall–Kier alpha value is -0.970. The second kappa shape index (κ2) is 18.3. The maximum Gasteiger partial charge on any atom is 0.189 e. The van der Waals surface area contributed by atoms with Crippen molar-refractivity contribution in [2.45, 2.75) is 216 Å². The second-order valence-electron chi connectivity index (χ2n) is 21.1. The first-order valence-corrected chi connectivity index (χ1v) is 23.4. The molecule has 8 fully saturated rings. The summed E-state index contributed by atoms with van der Waals surface area (Å²) < 4.78 is 42.7. The monoisotopic (exact) mass is 886 g/mol. The first-order chi connectivity index (χ1) is 29.3. The highest BCUT2D eigenvalue weighted by Gasteiger charge is 2.64. The lowest BCUT2D eigenvalue weighted by Crippen LogP contribution is -2.64. The van der Waals surface area contributed by atoms with Crippen LogP contribution in [-0.4, -0.2) is 169 Å². The van der Waals surface area contributed by atoms with E-state index in [4.69, 9.17) is 33.2 Å². The van der Waals surface area contributed by atoms with Crippen molar-refractivity contribution >= 4 is 5.78 Å². The van der Waals surface area contributed by atoms with E-state index in [2.05, 4.69) is 27.7 Å². The van der Waals surface area contributed by atoms with Crippen LogP contribution < -0.4 is 0 Å². The Kier molecular flexibility index (Phi) is 14.0. The van der Waals surface area contributed by atoms with Crippen molar-refractivity contribution in [2.75, 3.05) is 6.61 Å². The van der Waals surface area contributed by atoms with Crippen LogP contribution in [0.4, 0.5) is 0 Å². The van der Waals surface area contributed by atoms with Crippen molar-refractivity contribution < 1.29 is 83.9 Å². The van der Waals surface area contributed by atoms with E-state index < -0.39 is 111 Å². The van der Waals surface area contributed by atoms with Crippen LogP contribution in [0, 0.1) is 52.3 Å². The average Bonchev–Trinajstić information content (AvgIpc) is 3.60. The fourth-order valence-corrected chi connectivity index (χ4v) is 13.8. The Morgan fingerprint density at radius 2 is 1.24 bits per heavy atom. The van der Waals surface area contributed by atoms with E-state index in [0.29, 0.717) is 37.0 Å². The SMILES string of the molecule is C[C@@H]([C@H]1CC[C@H]2[C@@H]3CC(=O)[C@H]4C[C@@H](O[C@@H]5O[C@H](CO)[C@@H](O)[C@H](O)[C@H]5OC5O[C@@H](C)[C@H](O)[C@@H](O)[C@H]5O)CC[C@]4(C)[C@H]3CC[C@]12C)[C@H]1CC[C@H](C)[C@H](OC2O[C@@H](C)[C@H](O)[C@@H](O)[C@H]2O)O1. The average molecular weight is 887 g/mol. The number of rotatable bonds is 9. The maximum absolute atomic E-state index is 14.4. The normalized spacial score (nSPS) is 56.4. The molecule has 0 aromatic carbocycles. The Balaban J connectivity index is 0.917. The summed E-state index contributed by atoms with van der Waals surface area (Å²) in [5.41, 5.74) is -0.222. The molecule has 0 radical (unpaired) electrons. The molecule has 4 aliphatic heterocycles. The van der Waals surface area contributed by atoms with Crippen LogP contribution in [0.5, 0.6) is 0 Å². The topological polar surface area (TPSA) is 264 Å². The standard InChI is InChI=1S/C45H74O17/c1-18-7-10-29(59-40(18)62-42-38(55)35(52)32(49)21(4)57-42)19(2)24-8-9-25-23-16-28(47)27-15-22(11-13-45(27,6)26(23)12-14-44(24,25)5)58-43-39(36(53)33(50)30(17-46)60-43)61-41-37(54)34(51)31(48)20(3)56-41/h18-27,29-43,46,48-55H,7-17H2,1-6H3/t18-,19-,20-,21-,22-,23-,24+,25-,26-,27+,29+,30+,31-,32-,33+,34+,35+,36-,37+,38+,39+,40-,41?,42?,43+,44+,45+/m0/s1. The summed E-state index contributed by atoms with van der Waals surface area (Å²) in [6.45, 7) is 11.6. The molecule has 4 aliphatic carbocycles. The van der Waals surface area contributed by atoms with Crippen LogP contribution in [0.1, 0.15) is 106 Å². The largest absolute Gasteiger partial charge is 0.394 e. The van der Waals surface area contributed by atoms with E-state index in [1.807, 2.05) is 0 Å².